The van der Waals surface area contributed by atoms with Crippen molar-refractivity contribution in [2.24, 2.45) is 11.8 Å². The van der Waals surface area contributed by atoms with Crippen LogP contribution in [0.2, 0.25) is 0 Å². The number of likely N-dealkylation sites (tertiary alicyclic amines) is 1. The number of hydrogen-bond acceptors (Lipinski definition) is 10. The van der Waals surface area contributed by atoms with Gasteiger partial charge >= 0.3 is 12.2 Å². The van der Waals surface area contributed by atoms with Crippen molar-refractivity contribution in [2.45, 2.75) is 110 Å². The highest BCUT2D eigenvalue weighted by Gasteiger charge is 2.31. The SMILES string of the molecule is CC(C)(C)OC(=O)NCC1CCC(C(=O)NC(Cc2ccc(-c3cccc(C(=O)NC4CCN(C(=O)OC(C)(C)C)CC4)c3)cc2)C(=O)Nc2ccc(-c3nn[nH]n3)cc2)CC1. The van der Waals surface area contributed by atoms with E-state index in [2.05, 4.69) is 41.9 Å². The summed E-state index contributed by atoms with van der Waals surface area (Å²) >= 11 is 0. The minimum Gasteiger partial charge on any atom is -0.444 e. The Balaban J connectivity index is 1.07. The zero-order chi connectivity index (χ0) is 44.4. The van der Waals surface area contributed by atoms with Crippen molar-refractivity contribution in [1.29, 1.82) is 0 Å². The Morgan fingerprint density at radius 2 is 1.45 bits per heavy atom. The van der Waals surface area contributed by atoms with Gasteiger partial charge in [-0.15, -0.1) is 10.2 Å². The molecule has 16 nitrogen and oxygen atoms in total. The second-order valence-electron chi connectivity index (χ2n) is 18.2. The van der Waals surface area contributed by atoms with Crippen LogP contribution >= 0.6 is 0 Å². The number of carbonyl (C=O) groups is 5. The number of aromatic amines is 1. The van der Waals surface area contributed by atoms with Crippen LogP contribution in [0.3, 0.4) is 0 Å². The van der Waals surface area contributed by atoms with Crippen molar-refractivity contribution in [3.05, 3.63) is 83.9 Å². The Morgan fingerprint density at radius 1 is 0.790 bits per heavy atom. The number of ether oxygens (including phenoxy) is 2. The molecule has 1 aromatic heterocycles. The van der Waals surface area contributed by atoms with Crippen LogP contribution in [0.5, 0.6) is 0 Å². The van der Waals surface area contributed by atoms with Gasteiger partial charge in [-0.25, -0.2) is 9.59 Å². The first-order valence-electron chi connectivity index (χ1n) is 21.4. The summed E-state index contributed by atoms with van der Waals surface area (Å²) in [4.78, 5) is 67.3. The largest absolute Gasteiger partial charge is 0.444 e. The molecule has 3 aromatic carbocycles. The first-order chi connectivity index (χ1) is 29.5. The highest BCUT2D eigenvalue weighted by Crippen LogP contribution is 2.29. The molecular formula is C46H59N9O7. The van der Waals surface area contributed by atoms with Crippen LogP contribution in [-0.2, 0) is 25.5 Å². The molecule has 330 valence electrons. The maximum Gasteiger partial charge on any atom is 0.410 e. The molecule has 5 N–H and O–H groups in total. The molecule has 2 aliphatic rings. The summed E-state index contributed by atoms with van der Waals surface area (Å²) in [6, 6.07) is 21.3. The van der Waals surface area contributed by atoms with E-state index in [0.29, 0.717) is 62.4 Å². The predicted molar refractivity (Wildman–Crippen MR) is 234 cm³/mol. The average Bonchev–Trinajstić information content (AvgIpc) is 3.78. The lowest BCUT2D eigenvalue weighted by molar-refractivity contribution is -0.130. The quantitative estimate of drug-likeness (QED) is 0.102. The van der Waals surface area contributed by atoms with Crippen LogP contribution in [0.25, 0.3) is 22.5 Å². The van der Waals surface area contributed by atoms with Crippen molar-refractivity contribution in [2.75, 3.05) is 25.0 Å². The number of benzene rings is 3. The van der Waals surface area contributed by atoms with E-state index in [1.807, 2.05) is 84.0 Å². The molecule has 62 heavy (non-hydrogen) atoms. The van der Waals surface area contributed by atoms with Gasteiger partial charge in [-0.1, -0.05) is 36.4 Å². The van der Waals surface area contributed by atoms with Gasteiger partial charge in [0.1, 0.15) is 17.2 Å². The molecule has 0 radical (unpaired) electrons. The van der Waals surface area contributed by atoms with Gasteiger partial charge in [0.05, 0.1) is 0 Å². The van der Waals surface area contributed by atoms with Crippen LogP contribution in [0.4, 0.5) is 15.3 Å². The van der Waals surface area contributed by atoms with E-state index in [-0.39, 0.29) is 48.1 Å². The molecule has 5 amide bonds. The van der Waals surface area contributed by atoms with E-state index in [9.17, 15) is 24.0 Å². The number of rotatable bonds is 12. The second kappa shape index (κ2) is 20.0. The van der Waals surface area contributed by atoms with Crippen LogP contribution in [-0.4, -0.2) is 98.4 Å². The number of piperidine rings is 1. The number of nitrogens with one attached hydrogen (secondary N) is 5. The third kappa shape index (κ3) is 13.3. The third-order valence-corrected chi connectivity index (χ3v) is 10.9. The van der Waals surface area contributed by atoms with Crippen molar-refractivity contribution in [3.8, 4) is 22.5 Å². The number of alkyl carbamates (subject to hydrolysis) is 1. The van der Waals surface area contributed by atoms with Crippen LogP contribution < -0.4 is 21.3 Å². The molecule has 2 fully saturated rings. The minimum atomic E-state index is -0.875. The summed E-state index contributed by atoms with van der Waals surface area (Å²) in [5.74, 6) is -0.342. The standard InChI is InChI=1S/C46H59N9O7/c1-45(2,3)61-43(59)47-28-30-12-16-33(17-13-30)40(56)50-38(42(58)49-36-20-18-32(19-21-36)39-51-53-54-52-39)26-29-10-14-31(15-11-29)34-8-7-9-35(27-34)41(57)48-37-22-24-55(25-23-37)44(60)62-46(4,5)6/h7-11,14-15,18-21,27,30,33,37-38H,12-13,16-17,22-26,28H2,1-6H3,(H,47,59)(H,48,57)(H,49,58)(H,50,56)(H,51,52,53,54). The van der Waals surface area contributed by atoms with Gasteiger partial charge in [-0.05, 0) is 144 Å². The number of anilines is 1. The Hall–Kier alpha value is -6.32. The summed E-state index contributed by atoms with van der Waals surface area (Å²) in [5, 5.41) is 26.0. The molecule has 1 saturated heterocycles. The number of carbonyl (C=O) groups excluding carboxylic acids is 5. The monoisotopic (exact) mass is 849 g/mol. The molecule has 0 spiro atoms. The van der Waals surface area contributed by atoms with E-state index in [4.69, 9.17) is 9.47 Å². The topological polar surface area (TPSA) is 210 Å². The van der Waals surface area contributed by atoms with Crippen molar-refractivity contribution < 1.29 is 33.4 Å². The fraction of sp³-hybridized carbons (Fsp3) is 0.478. The van der Waals surface area contributed by atoms with E-state index in [0.717, 1.165) is 35.1 Å². The highest BCUT2D eigenvalue weighted by atomic mass is 16.6. The molecule has 1 atom stereocenters. The van der Waals surface area contributed by atoms with Crippen molar-refractivity contribution in [1.82, 2.24) is 41.5 Å². The smallest absolute Gasteiger partial charge is 0.410 e. The van der Waals surface area contributed by atoms with E-state index in [1.165, 1.54) is 0 Å². The lowest BCUT2D eigenvalue weighted by atomic mass is 9.81. The van der Waals surface area contributed by atoms with Crippen LogP contribution in [0, 0.1) is 11.8 Å². The summed E-state index contributed by atoms with van der Waals surface area (Å²) in [5.41, 5.74) is 3.23. The van der Waals surface area contributed by atoms with Gasteiger partial charge in [0, 0.05) is 54.8 Å². The summed E-state index contributed by atoms with van der Waals surface area (Å²) in [6.07, 6.45) is 3.51. The van der Waals surface area contributed by atoms with Crippen molar-refractivity contribution in [3.63, 3.8) is 0 Å². The molecule has 16 heteroatoms. The Kier molecular flexibility index (Phi) is 14.6. The summed E-state index contributed by atoms with van der Waals surface area (Å²) in [7, 11) is 0. The van der Waals surface area contributed by atoms with Gasteiger partial charge in [0.15, 0.2) is 0 Å². The van der Waals surface area contributed by atoms with E-state index >= 15 is 0 Å². The van der Waals surface area contributed by atoms with Gasteiger partial charge < -0.3 is 35.6 Å². The number of H-pyrrole nitrogens is 1. The Bertz CT molecular complexity index is 2150. The Labute approximate surface area is 362 Å². The molecule has 6 rings (SSSR count). The number of tetrazole rings is 1. The van der Waals surface area contributed by atoms with Gasteiger partial charge in [-0.2, -0.15) is 5.21 Å². The first kappa shape index (κ1) is 45.2. The molecule has 4 aromatic rings. The molecule has 1 aliphatic carbocycles. The number of amides is 5. The lowest BCUT2D eigenvalue weighted by Gasteiger charge is -2.33. The van der Waals surface area contributed by atoms with E-state index < -0.39 is 23.3 Å². The fourth-order valence-corrected chi connectivity index (χ4v) is 7.60. The third-order valence-electron chi connectivity index (χ3n) is 10.9. The van der Waals surface area contributed by atoms with Crippen LogP contribution in [0.15, 0.2) is 72.8 Å². The predicted octanol–water partition coefficient (Wildman–Crippen LogP) is 6.66. The molecule has 0 bridgehead atoms. The number of aromatic nitrogens is 4. The lowest BCUT2D eigenvalue weighted by Crippen LogP contribution is -2.48. The van der Waals surface area contributed by atoms with E-state index in [1.54, 1.807) is 35.2 Å². The zero-order valence-corrected chi connectivity index (χ0v) is 36.5. The molecule has 1 unspecified atom stereocenters. The van der Waals surface area contributed by atoms with Gasteiger partial charge in [-0.3, -0.25) is 14.4 Å². The first-order valence-corrected chi connectivity index (χ1v) is 21.4. The fourth-order valence-electron chi connectivity index (χ4n) is 7.60. The summed E-state index contributed by atoms with van der Waals surface area (Å²) < 4.78 is 10.9. The molecule has 1 saturated carbocycles. The normalized spacial score (nSPS) is 17.6. The maximum absolute atomic E-state index is 13.9. The van der Waals surface area contributed by atoms with Gasteiger partial charge in [0.25, 0.3) is 5.91 Å². The molecule has 2 heterocycles. The summed E-state index contributed by atoms with van der Waals surface area (Å²) in [6.45, 7) is 12.5. The second-order valence-corrected chi connectivity index (χ2v) is 18.2. The van der Waals surface area contributed by atoms with Crippen LogP contribution in [0.1, 0.15) is 96.0 Å². The highest BCUT2D eigenvalue weighted by molar-refractivity contribution is 5.98. The average molecular weight is 850 g/mol. The molecule has 1 aliphatic heterocycles. The van der Waals surface area contributed by atoms with Crippen molar-refractivity contribution >= 4 is 35.6 Å². The van der Waals surface area contributed by atoms with Gasteiger partial charge in [0.2, 0.25) is 17.6 Å². The number of hydrogen-bond donors (Lipinski definition) is 5. The maximum atomic E-state index is 13.9. The Morgan fingerprint density at radius 3 is 2.08 bits per heavy atom. The zero-order valence-electron chi connectivity index (χ0n) is 36.5. The molecular weight excluding hydrogens is 791 g/mol. The number of nitrogens with zero attached hydrogens (tertiary/aromatic N) is 4. The minimum absolute atomic E-state index is 0.0611.